The van der Waals surface area contributed by atoms with E-state index in [9.17, 15) is 15.3 Å². The van der Waals surface area contributed by atoms with Crippen LogP contribution < -0.4 is 14.2 Å². The van der Waals surface area contributed by atoms with E-state index in [4.69, 9.17) is 14.2 Å². The Hall–Kier alpha value is -4.32. The molecule has 0 bridgehead atoms. The summed E-state index contributed by atoms with van der Waals surface area (Å²) in [6.45, 7) is 0. The van der Waals surface area contributed by atoms with Crippen LogP contribution in [0, 0.1) is 0 Å². The van der Waals surface area contributed by atoms with Gasteiger partial charge < -0.3 is 29.5 Å². The molecular weight excluding hydrogens is 384 g/mol. The summed E-state index contributed by atoms with van der Waals surface area (Å²) in [4.78, 5) is 0. The minimum absolute atomic E-state index is 0.122. The highest BCUT2D eigenvalue weighted by atomic mass is 16.5. The maximum atomic E-state index is 9.52. The number of aromatic hydroxyl groups is 3. The molecule has 0 amide bonds. The molecule has 4 aromatic carbocycles. The average Bonchev–Trinajstić information content (AvgIpc) is 2.75. The molecule has 0 aliphatic rings. The first-order valence-corrected chi connectivity index (χ1v) is 9.10. The Kier molecular flexibility index (Phi) is 5.30. The van der Waals surface area contributed by atoms with Crippen LogP contribution in [-0.4, -0.2) is 15.3 Å². The zero-order valence-electron chi connectivity index (χ0n) is 15.7. The van der Waals surface area contributed by atoms with Crippen LogP contribution in [0.4, 0.5) is 0 Å². The maximum Gasteiger partial charge on any atom is 0.212 e. The number of rotatable bonds is 6. The molecular formula is C24H18O6. The Balaban J connectivity index is 1.71. The lowest BCUT2D eigenvalue weighted by atomic mass is 10.2. The van der Waals surface area contributed by atoms with E-state index < -0.39 is 0 Å². The molecule has 0 atom stereocenters. The minimum atomic E-state index is 0.122. The molecule has 4 aromatic rings. The van der Waals surface area contributed by atoms with Crippen molar-refractivity contribution in [3.8, 4) is 51.7 Å². The van der Waals surface area contributed by atoms with Crippen LogP contribution in [0.5, 0.6) is 51.7 Å². The summed E-state index contributed by atoms with van der Waals surface area (Å²) < 4.78 is 17.9. The van der Waals surface area contributed by atoms with E-state index in [2.05, 4.69) is 0 Å². The molecule has 150 valence electrons. The van der Waals surface area contributed by atoms with Gasteiger partial charge in [0, 0.05) is 0 Å². The quantitative estimate of drug-likeness (QED) is 0.357. The Bertz CT molecular complexity index is 1050. The van der Waals surface area contributed by atoms with Crippen molar-refractivity contribution in [1.82, 2.24) is 0 Å². The lowest BCUT2D eigenvalue weighted by Crippen LogP contribution is -1.94. The zero-order chi connectivity index (χ0) is 20.9. The van der Waals surface area contributed by atoms with Gasteiger partial charge in [0.15, 0.2) is 11.5 Å². The Morgan fingerprint density at radius 2 is 0.733 bits per heavy atom. The zero-order valence-corrected chi connectivity index (χ0v) is 15.7. The second kappa shape index (κ2) is 8.36. The molecule has 4 rings (SSSR count). The lowest BCUT2D eigenvalue weighted by molar-refractivity contribution is 0.385. The van der Waals surface area contributed by atoms with E-state index in [0.29, 0.717) is 34.5 Å². The summed E-state index contributed by atoms with van der Waals surface area (Å²) in [5, 5.41) is 28.5. The monoisotopic (exact) mass is 402 g/mol. The molecule has 0 saturated heterocycles. The van der Waals surface area contributed by atoms with Gasteiger partial charge in [0.1, 0.15) is 34.5 Å². The first-order valence-electron chi connectivity index (χ1n) is 9.10. The van der Waals surface area contributed by atoms with E-state index in [-0.39, 0.29) is 17.2 Å². The fourth-order valence-electron chi connectivity index (χ4n) is 2.67. The Morgan fingerprint density at radius 1 is 0.400 bits per heavy atom. The number of hydrogen-bond acceptors (Lipinski definition) is 6. The Labute approximate surface area is 172 Å². The van der Waals surface area contributed by atoms with Gasteiger partial charge >= 0.3 is 0 Å². The van der Waals surface area contributed by atoms with Crippen LogP contribution in [0.3, 0.4) is 0 Å². The SMILES string of the molecule is Oc1ccc(Oc2cccc(Oc3ccc(O)cc3)c2Oc2ccc(O)cc2)cc1. The van der Waals surface area contributed by atoms with Gasteiger partial charge in [-0.05, 0) is 84.9 Å². The number of phenols is 3. The van der Waals surface area contributed by atoms with Crippen molar-refractivity contribution in [2.75, 3.05) is 0 Å². The molecule has 0 spiro atoms. The van der Waals surface area contributed by atoms with Gasteiger partial charge in [-0.2, -0.15) is 0 Å². The van der Waals surface area contributed by atoms with Crippen LogP contribution in [-0.2, 0) is 0 Å². The first kappa shape index (κ1) is 19.0. The number of hydrogen-bond donors (Lipinski definition) is 3. The van der Waals surface area contributed by atoms with Crippen molar-refractivity contribution in [3.05, 3.63) is 91.0 Å². The van der Waals surface area contributed by atoms with Crippen LogP contribution in [0.25, 0.3) is 0 Å². The van der Waals surface area contributed by atoms with Crippen LogP contribution in [0.2, 0.25) is 0 Å². The highest BCUT2D eigenvalue weighted by Gasteiger charge is 2.16. The van der Waals surface area contributed by atoms with E-state index in [0.717, 1.165) is 0 Å². The topological polar surface area (TPSA) is 88.4 Å². The minimum Gasteiger partial charge on any atom is -0.508 e. The molecule has 6 heteroatoms. The molecule has 0 fully saturated rings. The Morgan fingerprint density at radius 3 is 1.10 bits per heavy atom. The first-order chi connectivity index (χ1) is 14.6. The third kappa shape index (κ3) is 4.56. The second-order valence-corrected chi connectivity index (χ2v) is 6.37. The fraction of sp³-hybridized carbons (Fsp3) is 0. The van der Waals surface area contributed by atoms with Gasteiger partial charge in [0.25, 0.3) is 0 Å². The van der Waals surface area contributed by atoms with Crippen molar-refractivity contribution in [1.29, 1.82) is 0 Å². The summed E-state index contributed by atoms with van der Waals surface area (Å²) in [6.07, 6.45) is 0. The molecule has 3 N–H and O–H groups in total. The number of para-hydroxylation sites is 1. The predicted octanol–water partition coefficient (Wildman–Crippen LogP) is 6.18. The molecule has 6 nitrogen and oxygen atoms in total. The van der Waals surface area contributed by atoms with Crippen LogP contribution in [0.15, 0.2) is 91.0 Å². The van der Waals surface area contributed by atoms with Crippen molar-refractivity contribution < 1.29 is 29.5 Å². The van der Waals surface area contributed by atoms with Gasteiger partial charge in [-0.25, -0.2) is 0 Å². The third-order valence-corrected chi connectivity index (χ3v) is 4.13. The van der Waals surface area contributed by atoms with Crippen molar-refractivity contribution in [3.63, 3.8) is 0 Å². The molecule has 0 aliphatic heterocycles. The smallest absolute Gasteiger partial charge is 0.212 e. The van der Waals surface area contributed by atoms with Crippen molar-refractivity contribution in [2.45, 2.75) is 0 Å². The number of phenolic OH excluding ortho intramolecular Hbond substituents is 3. The average molecular weight is 402 g/mol. The highest BCUT2D eigenvalue weighted by Crippen LogP contribution is 2.44. The largest absolute Gasteiger partial charge is 0.508 e. The summed E-state index contributed by atoms with van der Waals surface area (Å²) in [5.74, 6) is 2.98. The molecule has 0 radical (unpaired) electrons. The van der Waals surface area contributed by atoms with E-state index in [1.165, 1.54) is 36.4 Å². The molecule has 0 aliphatic carbocycles. The standard InChI is InChI=1S/C24H18O6/c25-16-4-10-19(11-5-16)28-22-2-1-3-23(29-20-12-6-17(26)7-13-20)24(22)30-21-14-8-18(27)9-15-21/h1-15,25-27H. The summed E-state index contributed by atoms with van der Waals surface area (Å²) >= 11 is 0. The predicted molar refractivity (Wildman–Crippen MR) is 111 cm³/mol. The molecule has 0 saturated carbocycles. The number of benzene rings is 4. The third-order valence-electron chi connectivity index (χ3n) is 4.13. The molecule has 30 heavy (non-hydrogen) atoms. The van der Waals surface area contributed by atoms with E-state index in [1.54, 1.807) is 54.6 Å². The van der Waals surface area contributed by atoms with Crippen molar-refractivity contribution in [2.24, 2.45) is 0 Å². The summed E-state index contributed by atoms with van der Waals surface area (Å²) in [6, 6.07) is 24.1. The van der Waals surface area contributed by atoms with Crippen LogP contribution in [0.1, 0.15) is 0 Å². The van der Waals surface area contributed by atoms with Crippen LogP contribution >= 0.6 is 0 Å². The second-order valence-electron chi connectivity index (χ2n) is 6.37. The van der Waals surface area contributed by atoms with Gasteiger partial charge in [-0.3, -0.25) is 0 Å². The van der Waals surface area contributed by atoms with Gasteiger partial charge in [-0.1, -0.05) is 6.07 Å². The van der Waals surface area contributed by atoms with Gasteiger partial charge in [-0.15, -0.1) is 0 Å². The van der Waals surface area contributed by atoms with Gasteiger partial charge in [0.2, 0.25) is 5.75 Å². The molecule has 0 unspecified atom stereocenters. The fourth-order valence-corrected chi connectivity index (χ4v) is 2.67. The highest BCUT2D eigenvalue weighted by molar-refractivity contribution is 5.56. The molecule has 0 aromatic heterocycles. The molecule has 0 heterocycles. The van der Waals surface area contributed by atoms with Crippen molar-refractivity contribution >= 4 is 0 Å². The summed E-state index contributed by atoms with van der Waals surface area (Å²) in [7, 11) is 0. The normalized spacial score (nSPS) is 10.4. The summed E-state index contributed by atoms with van der Waals surface area (Å²) in [5.41, 5.74) is 0. The van der Waals surface area contributed by atoms with E-state index >= 15 is 0 Å². The maximum absolute atomic E-state index is 9.52. The van der Waals surface area contributed by atoms with E-state index in [1.807, 2.05) is 0 Å². The lowest BCUT2D eigenvalue weighted by Gasteiger charge is -2.16. The van der Waals surface area contributed by atoms with Gasteiger partial charge in [0.05, 0.1) is 0 Å². The number of ether oxygens (including phenoxy) is 3.